The lowest BCUT2D eigenvalue weighted by Gasteiger charge is -2.13. The summed E-state index contributed by atoms with van der Waals surface area (Å²) in [4.78, 5) is 12.2. The molecule has 1 amide bonds. The summed E-state index contributed by atoms with van der Waals surface area (Å²) in [6.45, 7) is 2.74. The van der Waals surface area contributed by atoms with Gasteiger partial charge in [-0.2, -0.15) is 0 Å². The number of benzene rings is 2. The van der Waals surface area contributed by atoms with E-state index in [4.69, 9.17) is 0 Å². The number of hydrogen-bond donors (Lipinski definition) is 1. The minimum Gasteiger partial charge on any atom is -0.351 e. The van der Waals surface area contributed by atoms with Crippen LogP contribution in [0.2, 0.25) is 0 Å². The predicted octanol–water partition coefficient (Wildman–Crippen LogP) is 4.59. The normalized spacial score (nSPS) is 11.9. The monoisotopic (exact) mass is 443 g/mol. The van der Waals surface area contributed by atoms with Gasteiger partial charge in [-0.25, -0.2) is 0 Å². The van der Waals surface area contributed by atoms with E-state index in [1.807, 2.05) is 36.4 Å². The maximum atomic E-state index is 12.2. The van der Waals surface area contributed by atoms with E-state index in [1.54, 1.807) is 0 Å². The molecule has 104 valence electrons. The second-order valence-corrected chi connectivity index (χ2v) is 6.72. The van der Waals surface area contributed by atoms with Gasteiger partial charge in [0.25, 0.3) is 5.91 Å². The van der Waals surface area contributed by atoms with Gasteiger partial charge in [-0.05, 0) is 52.3 Å². The van der Waals surface area contributed by atoms with Gasteiger partial charge in [0.2, 0.25) is 0 Å². The molecular weight excluding hydrogens is 429 g/mol. The topological polar surface area (TPSA) is 29.1 Å². The zero-order valence-corrected chi connectivity index (χ0v) is 14.8. The highest BCUT2D eigenvalue weighted by Gasteiger charge is 2.12. The van der Waals surface area contributed by atoms with E-state index in [0.717, 1.165) is 8.04 Å². The van der Waals surface area contributed by atoms with Crippen molar-refractivity contribution < 1.29 is 4.79 Å². The summed E-state index contributed by atoms with van der Waals surface area (Å²) >= 11 is 5.58. The molecule has 2 rings (SSSR count). The van der Waals surface area contributed by atoms with Gasteiger partial charge in [0, 0.05) is 14.6 Å². The van der Waals surface area contributed by atoms with Crippen LogP contribution < -0.4 is 5.32 Å². The van der Waals surface area contributed by atoms with Crippen molar-refractivity contribution in [1.82, 2.24) is 5.32 Å². The Hall–Kier alpha value is -0.880. The summed E-state index contributed by atoms with van der Waals surface area (Å²) in [7, 11) is 0. The molecule has 0 saturated heterocycles. The molecule has 0 heterocycles. The Morgan fingerprint density at radius 1 is 1.25 bits per heavy atom. The minimum atomic E-state index is -0.0292. The largest absolute Gasteiger partial charge is 0.351 e. The molecule has 2 nitrogen and oxygen atoms in total. The fourth-order valence-electron chi connectivity index (χ4n) is 1.91. The quantitative estimate of drug-likeness (QED) is 0.688. The zero-order chi connectivity index (χ0) is 14.5. The van der Waals surface area contributed by atoms with Gasteiger partial charge in [0.05, 0.1) is 5.56 Å². The number of rotatable bonds is 4. The van der Waals surface area contributed by atoms with Crippen molar-refractivity contribution in [3.8, 4) is 0 Å². The molecule has 0 bridgehead atoms. The lowest BCUT2D eigenvalue weighted by Crippen LogP contribution is -2.28. The summed E-state index contributed by atoms with van der Waals surface area (Å²) in [5.41, 5.74) is 1.94. The average Bonchev–Trinajstić information content (AvgIpc) is 2.47. The Bertz CT molecular complexity index is 601. The predicted molar refractivity (Wildman–Crippen MR) is 94.0 cm³/mol. The molecule has 4 heteroatoms. The van der Waals surface area contributed by atoms with Crippen LogP contribution in [0, 0.1) is 3.57 Å². The molecule has 0 spiro atoms. The van der Waals surface area contributed by atoms with E-state index in [9.17, 15) is 4.79 Å². The average molecular weight is 444 g/mol. The van der Waals surface area contributed by atoms with E-state index < -0.39 is 0 Å². The highest BCUT2D eigenvalue weighted by Crippen LogP contribution is 2.19. The van der Waals surface area contributed by atoms with Crippen LogP contribution in [0.25, 0.3) is 0 Å². The van der Waals surface area contributed by atoms with Crippen LogP contribution in [0.5, 0.6) is 0 Å². The van der Waals surface area contributed by atoms with E-state index in [0.29, 0.717) is 18.0 Å². The molecule has 0 fully saturated rings. The molecule has 2 aromatic carbocycles. The number of carbonyl (C=O) groups excluding carboxylic acids is 1. The molecule has 0 aliphatic rings. The Morgan fingerprint density at radius 3 is 2.65 bits per heavy atom. The number of halogens is 2. The van der Waals surface area contributed by atoms with Gasteiger partial charge in [0.1, 0.15) is 0 Å². The maximum Gasteiger partial charge on any atom is 0.252 e. The smallest absolute Gasteiger partial charge is 0.252 e. The van der Waals surface area contributed by atoms with Crippen LogP contribution in [0.4, 0.5) is 0 Å². The summed E-state index contributed by atoms with van der Waals surface area (Å²) in [5.74, 6) is 0.267. The van der Waals surface area contributed by atoms with Crippen molar-refractivity contribution >= 4 is 44.4 Å². The first-order valence-corrected chi connectivity index (χ1v) is 8.23. The summed E-state index contributed by atoms with van der Waals surface area (Å²) in [6.07, 6.45) is 0. The van der Waals surface area contributed by atoms with E-state index >= 15 is 0 Å². The Balaban J connectivity index is 2.00. The number of nitrogens with one attached hydrogen (secondary N) is 1. The van der Waals surface area contributed by atoms with Crippen LogP contribution in [0.15, 0.2) is 53.0 Å². The second-order valence-electron chi connectivity index (χ2n) is 4.65. The van der Waals surface area contributed by atoms with Crippen LogP contribution in [0.3, 0.4) is 0 Å². The number of hydrogen-bond acceptors (Lipinski definition) is 1. The third-order valence-corrected chi connectivity index (χ3v) is 4.54. The van der Waals surface area contributed by atoms with E-state index in [2.05, 4.69) is 62.9 Å². The van der Waals surface area contributed by atoms with Gasteiger partial charge < -0.3 is 5.32 Å². The van der Waals surface area contributed by atoms with Crippen molar-refractivity contribution in [2.75, 3.05) is 6.54 Å². The fourth-order valence-corrected chi connectivity index (χ4v) is 2.85. The first-order valence-electron chi connectivity index (χ1n) is 6.36. The van der Waals surface area contributed by atoms with Gasteiger partial charge in [-0.3, -0.25) is 4.79 Å². The van der Waals surface area contributed by atoms with Crippen LogP contribution in [-0.4, -0.2) is 12.5 Å². The summed E-state index contributed by atoms with van der Waals surface area (Å²) < 4.78 is 1.87. The number of amides is 1. The second kappa shape index (κ2) is 7.22. The van der Waals surface area contributed by atoms with Crippen LogP contribution in [-0.2, 0) is 0 Å². The third kappa shape index (κ3) is 4.06. The molecule has 0 unspecified atom stereocenters. The number of carbonyl (C=O) groups is 1. The Morgan fingerprint density at radius 2 is 1.95 bits per heavy atom. The Kier molecular flexibility index (Phi) is 5.60. The molecule has 0 aliphatic carbocycles. The third-order valence-electron chi connectivity index (χ3n) is 3.11. The molecule has 0 radical (unpaired) electrons. The Labute approximate surface area is 141 Å². The van der Waals surface area contributed by atoms with E-state index in [-0.39, 0.29) is 5.91 Å². The highest BCUT2D eigenvalue weighted by atomic mass is 127. The zero-order valence-electron chi connectivity index (χ0n) is 11.1. The van der Waals surface area contributed by atoms with Gasteiger partial charge >= 0.3 is 0 Å². The van der Waals surface area contributed by atoms with Crippen LogP contribution >= 0.6 is 38.5 Å². The molecule has 0 aliphatic heterocycles. The van der Waals surface area contributed by atoms with Crippen molar-refractivity contribution in [3.63, 3.8) is 0 Å². The molecule has 1 N–H and O–H groups in total. The van der Waals surface area contributed by atoms with Gasteiger partial charge in [-0.15, -0.1) is 0 Å². The lowest BCUT2D eigenvalue weighted by molar-refractivity contribution is 0.0950. The molecule has 20 heavy (non-hydrogen) atoms. The van der Waals surface area contributed by atoms with Crippen molar-refractivity contribution in [1.29, 1.82) is 0 Å². The molecule has 1 atom stereocenters. The molecule has 2 aromatic rings. The first-order chi connectivity index (χ1) is 9.58. The summed E-state index contributed by atoms with van der Waals surface area (Å²) in [6, 6.07) is 15.9. The fraction of sp³-hybridized carbons (Fsp3) is 0.188. The van der Waals surface area contributed by atoms with E-state index in [1.165, 1.54) is 5.56 Å². The van der Waals surface area contributed by atoms with Crippen molar-refractivity contribution in [2.24, 2.45) is 0 Å². The van der Waals surface area contributed by atoms with Crippen molar-refractivity contribution in [2.45, 2.75) is 12.8 Å². The molecule has 0 aromatic heterocycles. The van der Waals surface area contributed by atoms with Gasteiger partial charge in [0.15, 0.2) is 0 Å². The minimum absolute atomic E-state index is 0.0292. The lowest BCUT2D eigenvalue weighted by atomic mass is 10.0. The van der Waals surface area contributed by atoms with Crippen molar-refractivity contribution in [3.05, 3.63) is 67.7 Å². The van der Waals surface area contributed by atoms with Gasteiger partial charge in [-0.1, -0.05) is 53.2 Å². The molecule has 0 saturated carbocycles. The molecular formula is C16H15BrINO. The van der Waals surface area contributed by atoms with Crippen LogP contribution in [0.1, 0.15) is 28.8 Å². The summed E-state index contributed by atoms with van der Waals surface area (Å²) in [5, 5.41) is 3.00. The first kappa shape index (κ1) is 15.5. The standard InChI is InChI=1S/C16H15BrINO/c1-11(12-5-3-2-4-6-12)10-19-16(20)14-9-13(17)7-8-15(14)18/h2-9,11H,10H2,1H3,(H,19,20)/t11-/m0/s1. The maximum absolute atomic E-state index is 12.2. The highest BCUT2D eigenvalue weighted by molar-refractivity contribution is 14.1. The SMILES string of the molecule is C[C@@H](CNC(=O)c1cc(Br)ccc1I)c1ccccc1.